The van der Waals surface area contributed by atoms with E-state index in [9.17, 15) is 0 Å². The minimum atomic E-state index is 0.539. The zero-order chi connectivity index (χ0) is 9.45. The second kappa shape index (κ2) is 6.51. The molecule has 1 radical (unpaired) electrons. The maximum absolute atomic E-state index is 2.33. The van der Waals surface area contributed by atoms with Crippen molar-refractivity contribution in [1.29, 1.82) is 0 Å². The smallest absolute Gasteiger partial charge is 0.0383 e. The van der Waals surface area contributed by atoms with Gasteiger partial charge in [-0.05, 0) is 18.3 Å². The fourth-order valence-corrected chi connectivity index (χ4v) is 1.36. The summed E-state index contributed by atoms with van der Waals surface area (Å²) in [5.74, 6) is 0. The van der Waals surface area contributed by atoms with Crippen LogP contribution in [0, 0.1) is 11.8 Å². The third kappa shape index (κ3) is 10.0. The Morgan fingerprint density at radius 1 is 0.917 bits per heavy atom. The second-order valence-corrected chi connectivity index (χ2v) is 4.92. The average Bonchev–Trinajstić information content (AvgIpc) is 1.94. The van der Waals surface area contributed by atoms with E-state index in [1.54, 1.807) is 0 Å². The van der Waals surface area contributed by atoms with Gasteiger partial charge in [-0.25, -0.2) is 0 Å². The molecule has 0 heteroatoms. The van der Waals surface area contributed by atoms with E-state index in [-0.39, 0.29) is 0 Å². The standard InChI is InChI=1S/C12H25/c1-5-6-7-8-9-10-11-12(2,3)4/h5H,6-11H2,1-4H3. The number of unbranched alkanes of at least 4 members (excludes halogenated alkanes) is 5. The van der Waals surface area contributed by atoms with Crippen molar-refractivity contribution in [1.82, 2.24) is 0 Å². The molecule has 0 spiro atoms. The Morgan fingerprint density at radius 2 is 1.50 bits per heavy atom. The van der Waals surface area contributed by atoms with Crippen molar-refractivity contribution in [3.63, 3.8) is 0 Å². The third-order valence-corrected chi connectivity index (χ3v) is 2.17. The molecule has 0 amide bonds. The molecule has 0 aliphatic rings. The van der Waals surface area contributed by atoms with Gasteiger partial charge in [-0.2, -0.15) is 0 Å². The van der Waals surface area contributed by atoms with Crippen LogP contribution in [-0.4, -0.2) is 0 Å². The summed E-state index contributed by atoms with van der Waals surface area (Å²) in [6.07, 6.45) is 10.6. The predicted octanol–water partition coefficient (Wildman–Crippen LogP) is 4.60. The first-order chi connectivity index (χ1) is 5.56. The van der Waals surface area contributed by atoms with Gasteiger partial charge in [-0.1, -0.05) is 59.8 Å². The van der Waals surface area contributed by atoms with Gasteiger partial charge < -0.3 is 0 Å². The zero-order valence-corrected chi connectivity index (χ0v) is 9.32. The molecule has 0 fully saturated rings. The van der Waals surface area contributed by atoms with Gasteiger partial charge in [-0.3, -0.25) is 0 Å². The molecule has 0 aliphatic heterocycles. The lowest BCUT2D eigenvalue weighted by molar-refractivity contribution is 0.357. The van der Waals surface area contributed by atoms with Gasteiger partial charge in [0.1, 0.15) is 0 Å². The third-order valence-electron chi connectivity index (χ3n) is 2.17. The molecule has 0 unspecified atom stereocenters. The zero-order valence-electron chi connectivity index (χ0n) is 9.32. The molecule has 0 atom stereocenters. The molecule has 0 aromatic carbocycles. The van der Waals surface area contributed by atoms with Crippen molar-refractivity contribution >= 4 is 0 Å². The van der Waals surface area contributed by atoms with Crippen molar-refractivity contribution in [2.45, 2.75) is 66.2 Å². The van der Waals surface area contributed by atoms with Crippen LogP contribution in [0.25, 0.3) is 0 Å². The van der Waals surface area contributed by atoms with Gasteiger partial charge in [-0.15, -0.1) is 0 Å². The van der Waals surface area contributed by atoms with Crippen LogP contribution in [0.5, 0.6) is 0 Å². The Bertz CT molecular complexity index is 86.7. The first-order valence-electron chi connectivity index (χ1n) is 5.34. The minimum absolute atomic E-state index is 0.539. The lowest BCUT2D eigenvalue weighted by atomic mass is 9.89. The van der Waals surface area contributed by atoms with E-state index in [0.717, 1.165) is 0 Å². The second-order valence-electron chi connectivity index (χ2n) is 4.92. The van der Waals surface area contributed by atoms with Crippen LogP contribution in [0.3, 0.4) is 0 Å². The van der Waals surface area contributed by atoms with E-state index in [1.165, 1.54) is 38.5 Å². The lowest BCUT2D eigenvalue weighted by Gasteiger charge is -2.17. The summed E-state index contributed by atoms with van der Waals surface area (Å²) in [4.78, 5) is 0. The summed E-state index contributed by atoms with van der Waals surface area (Å²) >= 11 is 0. The summed E-state index contributed by atoms with van der Waals surface area (Å²) in [6, 6.07) is 0. The Kier molecular flexibility index (Phi) is 6.51. The number of rotatable bonds is 6. The summed E-state index contributed by atoms with van der Waals surface area (Å²) in [7, 11) is 0. The van der Waals surface area contributed by atoms with E-state index in [0.29, 0.717) is 5.41 Å². The van der Waals surface area contributed by atoms with Crippen LogP contribution in [0.1, 0.15) is 66.2 Å². The van der Waals surface area contributed by atoms with Crippen LogP contribution < -0.4 is 0 Å². The van der Waals surface area contributed by atoms with Gasteiger partial charge in [0.2, 0.25) is 0 Å². The minimum Gasteiger partial charge on any atom is -0.0623 e. The molecule has 0 saturated heterocycles. The molecule has 73 valence electrons. The van der Waals surface area contributed by atoms with Crippen LogP contribution in [0.15, 0.2) is 0 Å². The van der Waals surface area contributed by atoms with Gasteiger partial charge in [0, 0.05) is 0 Å². The topological polar surface area (TPSA) is 0 Å². The quantitative estimate of drug-likeness (QED) is 0.510. The van der Waals surface area contributed by atoms with Gasteiger partial charge in [0.25, 0.3) is 0 Å². The van der Waals surface area contributed by atoms with E-state index in [1.807, 2.05) is 0 Å². The monoisotopic (exact) mass is 169 g/mol. The average molecular weight is 169 g/mol. The number of hydrogen-bond acceptors (Lipinski definition) is 0. The summed E-state index contributed by atoms with van der Waals surface area (Å²) in [5, 5.41) is 0. The summed E-state index contributed by atoms with van der Waals surface area (Å²) in [5.41, 5.74) is 0.539. The van der Waals surface area contributed by atoms with E-state index in [4.69, 9.17) is 0 Å². The first kappa shape index (κ1) is 12.0. The van der Waals surface area contributed by atoms with Crippen LogP contribution in [0.4, 0.5) is 0 Å². The highest BCUT2D eigenvalue weighted by molar-refractivity contribution is 4.61. The maximum Gasteiger partial charge on any atom is -0.0383 e. The molecule has 0 nitrogen and oxygen atoms in total. The Balaban J connectivity index is 3.01. The Hall–Kier alpha value is 0. The van der Waals surface area contributed by atoms with Crippen molar-refractivity contribution in [3.05, 3.63) is 6.42 Å². The van der Waals surface area contributed by atoms with Gasteiger partial charge in [0.05, 0.1) is 0 Å². The SMILES string of the molecule is C[CH]CCCCCCC(C)(C)C. The Morgan fingerprint density at radius 3 is 2.00 bits per heavy atom. The summed E-state index contributed by atoms with van der Waals surface area (Å²) < 4.78 is 0. The molecular formula is C12H25. The largest absolute Gasteiger partial charge is 0.0623 e. The van der Waals surface area contributed by atoms with Gasteiger partial charge in [0.15, 0.2) is 0 Å². The predicted molar refractivity (Wildman–Crippen MR) is 57.1 cm³/mol. The molecule has 0 aromatic rings. The van der Waals surface area contributed by atoms with Crippen LogP contribution in [0.2, 0.25) is 0 Å². The first-order valence-corrected chi connectivity index (χ1v) is 5.34. The van der Waals surface area contributed by atoms with E-state index >= 15 is 0 Å². The fourth-order valence-electron chi connectivity index (χ4n) is 1.36. The van der Waals surface area contributed by atoms with Gasteiger partial charge >= 0.3 is 0 Å². The highest BCUT2D eigenvalue weighted by atomic mass is 14.1. The Labute approximate surface area is 78.8 Å². The van der Waals surface area contributed by atoms with Crippen molar-refractivity contribution in [2.24, 2.45) is 5.41 Å². The molecular weight excluding hydrogens is 144 g/mol. The molecule has 12 heavy (non-hydrogen) atoms. The molecule has 0 N–H and O–H groups in total. The summed E-state index contributed by atoms with van der Waals surface area (Å²) in [6.45, 7) is 9.13. The highest BCUT2D eigenvalue weighted by Gasteiger charge is 2.08. The molecule has 0 aliphatic carbocycles. The molecule has 0 saturated carbocycles. The van der Waals surface area contributed by atoms with Crippen LogP contribution in [-0.2, 0) is 0 Å². The molecule has 0 rings (SSSR count). The van der Waals surface area contributed by atoms with Crippen molar-refractivity contribution < 1.29 is 0 Å². The lowest BCUT2D eigenvalue weighted by Crippen LogP contribution is -2.03. The van der Waals surface area contributed by atoms with Crippen molar-refractivity contribution in [3.8, 4) is 0 Å². The number of hydrogen-bond donors (Lipinski definition) is 0. The van der Waals surface area contributed by atoms with Crippen molar-refractivity contribution in [2.75, 3.05) is 0 Å². The normalized spacial score (nSPS) is 12.0. The molecule has 0 aromatic heterocycles. The van der Waals surface area contributed by atoms with Crippen LogP contribution >= 0.6 is 0 Å². The fraction of sp³-hybridized carbons (Fsp3) is 0.917. The van der Waals surface area contributed by atoms with E-state index < -0.39 is 0 Å². The molecule has 0 bridgehead atoms. The highest BCUT2D eigenvalue weighted by Crippen LogP contribution is 2.22. The molecule has 0 heterocycles. The maximum atomic E-state index is 2.33. The van der Waals surface area contributed by atoms with E-state index in [2.05, 4.69) is 34.1 Å².